The van der Waals surface area contributed by atoms with Crippen molar-refractivity contribution in [2.24, 2.45) is 7.05 Å². The average Bonchev–Trinajstić information content (AvgIpc) is 3.69. The Morgan fingerprint density at radius 3 is 2.50 bits per heavy atom. The van der Waals surface area contributed by atoms with Gasteiger partial charge in [-0.05, 0) is 63.6 Å². The van der Waals surface area contributed by atoms with E-state index in [0.717, 1.165) is 18.9 Å². The molecule has 0 aliphatic heterocycles. The largest absolute Gasteiger partial charge is 0.454 e. The van der Waals surface area contributed by atoms with Crippen LogP contribution in [0, 0.1) is 25.5 Å². The molecule has 1 aromatic heterocycles. The number of ether oxygens (including phenoxy) is 1. The number of pyridine rings is 1. The van der Waals surface area contributed by atoms with Crippen molar-refractivity contribution in [3.05, 3.63) is 74.0 Å². The molecule has 202 valence electrons. The van der Waals surface area contributed by atoms with Crippen molar-refractivity contribution in [2.75, 3.05) is 17.1 Å². The van der Waals surface area contributed by atoms with Gasteiger partial charge in [0.2, 0.25) is 0 Å². The van der Waals surface area contributed by atoms with E-state index in [2.05, 4.69) is 20.1 Å². The van der Waals surface area contributed by atoms with Crippen LogP contribution in [-0.4, -0.2) is 27.8 Å². The third kappa shape index (κ3) is 5.66. The number of nitrogens with one attached hydrogen (secondary N) is 4. The van der Waals surface area contributed by atoms with E-state index in [1.165, 1.54) is 43.8 Å². The third-order valence-electron chi connectivity index (χ3n) is 5.93. The summed E-state index contributed by atoms with van der Waals surface area (Å²) < 4.78 is 53.1. The normalized spacial score (nSPS) is 13.7. The molecule has 0 saturated heterocycles. The van der Waals surface area contributed by atoms with Crippen LogP contribution in [0.1, 0.15) is 34.3 Å². The van der Waals surface area contributed by atoms with Gasteiger partial charge in [-0.15, -0.1) is 0 Å². The number of aromatic nitrogens is 1. The molecule has 0 radical (unpaired) electrons. The number of hydrogen-bond donors (Lipinski definition) is 4. The summed E-state index contributed by atoms with van der Waals surface area (Å²) in [6.45, 7) is 3.20. The SMILES string of the molecule is CNS(=O)Nc1c(F)ccc(Oc2c(C(=O)NC3CC3)c(Nc3ccc(C)cc3F)n(C)c(=O)c2C)c1Cl. The molecule has 0 spiro atoms. The molecule has 38 heavy (non-hydrogen) atoms. The van der Waals surface area contributed by atoms with Gasteiger partial charge in [0.15, 0.2) is 16.9 Å². The van der Waals surface area contributed by atoms with Gasteiger partial charge in [0.25, 0.3) is 11.5 Å². The van der Waals surface area contributed by atoms with Crippen LogP contribution in [0.25, 0.3) is 0 Å². The lowest BCUT2D eigenvalue weighted by Gasteiger charge is -2.22. The fourth-order valence-corrected chi connectivity index (χ4v) is 4.47. The van der Waals surface area contributed by atoms with Crippen molar-refractivity contribution >= 4 is 45.9 Å². The third-order valence-corrected chi connectivity index (χ3v) is 7.07. The molecule has 1 unspecified atom stereocenters. The van der Waals surface area contributed by atoms with Gasteiger partial charge >= 0.3 is 0 Å². The van der Waals surface area contributed by atoms with Gasteiger partial charge in [-0.25, -0.2) is 17.7 Å². The Labute approximate surface area is 225 Å². The minimum absolute atomic E-state index is 0.00984. The summed E-state index contributed by atoms with van der Waals surface area (Å²) in [5.74, 6) is -2.18. The lowest BCUT2D eigenvalue weighted by molar-refractivity contribution is 0.0948. The molecule has 1 fully saturated rings. The summed E-state index contributed by atoms with van der Waals surface area (Å²) in [7, 11) is 2.84. The number of amides is 1. The summed E-state index contributed by atoms with van der Waals surface area (Å²) in [6.07, 6.45) is 1.59. The smallest absolute Gasteiger partial charge is 0.259 e. The molecule has 1 atom stereocenters. The van der Waals surface area contributed by atoms with E-state index >= 15 is 0 Å². The van der Waals surface area contributed by atoms with Gasteiger partial charge in [-0.2, -0.15) is 0 Å². The van der Waals surface area contributed by atoms with Crippen molar-refractivity contribution in [1.29, 1.82) is 0 Å². The molecular weight excluding hydrogens is 540 g/mol. The standard InChI is InChI=1S/C25H26ClF2N5O4S/c1-12-5-9-17(16(28)11-12)31-23-19(24(34)30-14-6-7-14)22(13(2)25(35)33(23)4)37-18-10-8-15(27)21(20(18)26)32-38(36)29-3/h5,8-11,14,29,31-32H,6-7H2,1-4H3,(H,30,34). The number of rotatable bonds is 9. The number of carbonyl (C=O) groups excluding carboxylic acids is 1. The minimum atomic E-state index is -1.85. The zero-order chi connectivity index (χ0) is 27.7. The first-order valence-electron chi connectivity index (χ1n) is 11.6. The van der Waals surface area contributed by atoms with E-state index in [4.69, 9.17) is 16.3 Å². The van der Waals surface area contributed by atoms with E-state index in [1.54, 1.807) is 13.0 Å². The Hall–Kier alpha value is -3.48. The summed E-state index contributed by atoms with van der Waals surface area (Å²) in [6, 6.07) is 6.71. The molecule has 1 saturated carbocycles. The Balaban J connectivity index is 1.88. The zero-order valence-corrected chi connectivity index (χ0v) is 22.6. The average molecular weight is 566 g/mol. The predicted molar refractivity (Wildman–Crippen MR) is 144 cm³/mol. The second-order valence-corrected chi connectivity index (χ2v) is 10.3. The lowest BCUT2D eigenvalue weighted by atomic mass is 10.1. The molecule has 4 rings (SSSR count). The number of halogens is 3. The number of nitrogens with zero attached hydrogens (tertiary/aromatic N) is 1. The van der Waals surface area contributed by atoms with Crippen LogP contribution >= 0.6 is 11.6 Å². The van der Waals surface area contributed by atoms with Crippen LogP contribution in [0.4, 0.5) is 26.0 Å². The number of hydrogen-bond acceptors (Lipinski definition) is 5. The lowest BCUT2D eigenvalue weighted by Crippen LogP contribution is -2.31. The topological polar surface area (TPSA) is 113 Å². The Morgan fingerprint density at radius 1 is 1.16 bits per heavy atom. The maximum absolute atomic E-state index is 14.7. The summed E-state index contributed by atoms with van der Waals surface area (Å²) in [4.78, 5) is 26.7. The fourth-order valence-electron chi connectivity index (χ4n) is 3.69. The van der Waals surface area contributed by atoms with E-state index in [-0.39, 0.29) is 50.9 Å². The van der Waals surface area contributed by atoms with Crippen LogP contribution in [0.5, 0.6) is 11.5 Å². The second kappa shape index (κ2) is 11.1. The number of carbonyl (C=O) groups is 1. The summed E-state index contributed by atoms with van der Waals surface area (Å²) in [5.41, 5.74) is -0.0895. The van der Waals surface area contributed by atoms with E-state index in [1.807, 2.05) is 0 Å². The second-order valence-electron chi connectivity index (χ2n) is 8.81. The number of benzene rings is 2. The number of aryl methyl sites for hydroxylation is 1. The van der Waals surface area contributed by atoms with Crippen molar-refractivity contribution in [1.82, 2.24) is 14.6 Å². The first-order valence-corrected chi connectivity index (χ1v) is 13.1. The molecule has 3 aromatic rings. The Kier molecular flexibility index (Phi) is 8.05. The molecule has 1 aliphatic carbocycles. The number of anilines is 3. The van der Waals surface area contributed by atoms with Crippen LogP contribution in [0.15, 0.2) is 35.1 Å². The van der Waals surface area contributed by atoms with Crippen LogP contribution in [0.3, 0.4) is 0 Å². The van der Waals surface area contributed by atoms with Gasteiger partial charge in [0.05, 0.1) is 11.3 Å². The molecule has 4 N–H and O–H groups in total. The van der Waals surface area contributed by atoms with Crippen LogP contribution < -0.4 is 30.4 Å². The van der Waals surface area contributed by atoms with Gasteiger partial charge < -0.3 is 15.4 Å². The first kappa shape index (κ1) is 27.6. The van der Waals surface area contributed by atoms with Crippen molar-refractivity contribution in [3.63, 3.8) is 0 Å². The van der Waals surface area contributed by atoms with E-state index in [9.17, 15) is 22.6 Å². The highest BCUT2D eigenvalue weighted by Gasteiger charge is 2.31. The fraction of sp³-hybridized carbons (Fsp3) is 0.280. The summed E-state index contributed by atoms with van der Waals surface area (Å²) in [5, 5.41) is 5.47. The van der Waals surface area contributed by atoms with Crippen molar-refractivity contribution < 1.29 is 22.5 Å². The van der Waals surface area contributed by atoms with Crippen molar-refractivity contribution in [3.8, 4) is 11.5 Å². The van der Waals surface area contributed by atoms with Gasteiger partial charge in [-0.1, -0.05) is 17.7 Å². The molecule has 0 bridgehead atoms. The van der Waals surface area contributed by atoms with Crippen LogP contribution in [-0.2, 0) is 18.2 Å². The Morgan fingerprint density at radius 2 is 1.87 bits per heavy atom. The maximum atomic E-state index is 14.7. The van der Waals surface area contributed by atoms with E-state index in [0.29, 0.717) is 5.56 Å². The monoisotopic (exact) mass is 565 g/mol. The minimum Gasteiger partial charge on any atom is -0.454 e. The highest BCUT2D eigenvalue weighted by molar-refractivity contribution is 7.84. The van der Waals surface area contributed by atoms with Gasteiger partial charge in [0.1, 0.15) is 39.5 Å². The van der Waals surface area contributed by atoms with Gasteiger partial charge in [-0.3, -0.25) is 18.9 Å². The summed E-state index contributed by atoms with van der Waals surface area (Å²) >= 11 is 4.53. The quantitative estimate of drug-likeness (QED) is 0.303. The van der Waals surface area contributed by atoms with Crippen molar-refractivity contribution in [2.45, 2.75) is 32.7 Å². The molecule has 1 heterocycles. The predicted octanol–water partition coefficient (Wildman–Crippen LogP) is 4.57. The highest BCUT2D eigenvalue weighted by Crippen LogP contribution is 2.40. The first-order chi connectivity index (χ1) is 18.0. The van der Waals surface area contributed by atoms with Gasteiger partial charge in [0, 0.05) is 13.1 Å². The van der Waals surface area contributed by atoms with E-state index < -0.39 is 34.3 Å². The molecule has 1 amide bonds. The highest BCUT2D eigenvalue weighted by atomic mass is 35.5. The maximum Gasteiger partial charge on any atom is 0.259 e. The molecular formula is C25H26ClF2N5O4S. The molecule has 2 aromatic carbocycles. The Bertz CT molecular complexity index is 1510. The molecule has 13 heteroatoms. The molecule has 9 nitrogen and oxygen atoms in total. The van der Waals surface area contributed by atoms with Crippen LogP contribution in [0.2, 0.25) is 5.02 Å². The zero-order valence-electron chi connectivity index (χ0n) is 21.0. The molecule has 1 aliphatic rings.